The Balaban J connectivity index is 2.46. The fourth-order valence-electron chi connectivity index (χ4n) is 1.95. The molecule has 0 N–H and O–H groups in total. The summed E-state index contributed by atoms with van der Waals surface area (Å²) in [6.07, 6.45) is 5.51. The zero-order valence-electron chi connectivity index (χ0n) is 11.2. The van der Waals surface area contributed by atoms with Crippen molar-refractivity contribution in [2.75, 3.05) is 13.4 Å². The van der Waals surface area contributed by atoms with E-state index in [2.05, 4.69) is 4.74 Å². The number of rotatable bonds is 3. The first-order chi connectivity index (χ1) is 9.41. The summed E-state index contributed by atoms with van der Waals surface area (Å²) >= 11 is 0. The summed E-state index contributed by atoms with van der Waals surface area (Å²) in [5.41, 5.74) is 2.46. The topological polar surface area (TPSA) is 63.7 Å². The highest BCUT2D eigenvalue weighted by atomic mass is 32.2. The summed E-state index contributed by atoms with van der Waals surface area (Å²) in [7, 11) is -2.05. The smallest absolute Gasteiger partial charge is 0.330 e. The van der Waals surface area contributed by atoms with Gasteiger partial charge in [0.05, 0.1) is 19.9 Å². The number of nitrogens with zero attached hydrogens (tertiary/aromatic N) is 1. The molecule has 0 radical (unpaired) electrons. The van der Waals surface area contributed by atoms with E-state index >= 15 is 0 Å². The molecule has 20 heavy (non-hydrogen) atoms. The standard InChI is InChI=1S/C14H15NO4S/c1-19-14(16)8-7-12-10-15(20(2,17)18)9-11-5-3-4-6-13(11)12/h3-8,10H,9H2,1-2H3/b8-7+. The van der Waals surface area contributed by atoms with Gasteiger partial charge in [-0.05, 0) is 22.8 Å². The van der Waals surface area contributed by atoms with Crippen LogP contribution < -0.4 is 0 Å². The number of hydrogen-bond donors (Lipinski definition) is 0. The van der Waals surface area contributed by atoms with Gasteiger partial charge in [-0.15, -0.1) is 0 Å². The van der Waals surface area contributed by atoms with Gasteiger partial charge in [0.15, 0.2) is 0 Å². The molecule has 1 aromatic carbocycles. The van der Waals surface area contributed by atoms with Crippen molar-refractivity contribution in [1.29, 1.82) is 0 Å². The summed E-state index contributed by atoms with van der Waals surface area (Å²) in [6, 6.07) is 7.48. The number of sulfonamides is 1. The average Bonchev–Trinajstić information content (AvgIpc) is 2.43. The molecular formula is C14H15NO4S. The van der Waals surface area contributed by atoms with E-state index in [0.717, 1.165) is 17.4 Å². The van der Waals surface area contributed by atoms with Crippen LogP contribution in [0.2, 0.25) is 0 Å². The van der Waals surface area contributed by atoms with E-state index in [-0.39, 0.29) is 0 Å². The lowest BCUT2D eigenvalue weighted by atomic mass is 9.97. The minimum atomic E-state index is -3.34. The van der Waals surface area contributed by atoms with Crippen molar-refractivity contribution in [3.63, 3.8) is 0 Å². The highest BCUT2D eigenvalue weighted by molar-refractivity contribution is 7.88. The van der Waals surface area contributed by atoms with Gasteiger partial charge in [0, 0.05) is 12.3 Å². The first kappa shape index (κ1) is 14.3. The third kappa shape index (κ3) is 3.08. The van der Waals surface area contributed by atoms with Gasteiger partial charge in [-0.3, -0.25) is 4.31 Å². The monoisotopic (exact) mass is 293 g/mol. The second-order valence-corrected chi connectivity index (χ2v) is 6.34. The van der Waals surface area contributed by atoms with E-state index < -0.39 is 16.0 Å². The summed E-state index contributed by atoms with van der Waals surface area (Å²) in [6.45, 7) is 0.296. The maximum Gasteiger partial charge on any atom is 0.330 e. The molecule has 5 nitrogen and oxygen atoms in total. The predicted molar refractivity (Wildman–Crippen MR) is 76.0 cm³/mol. The lowest BCUT2D eigenvalue weighted by Gasteiger charge is -2.26. The van der Waals surface area contributed by atoms with Crippen LogP contribution in [-0.2, 0) is 26.1 Å². The largest absolute Gasteiger partial charge is 0.466 e. The molecule has 0 aliphatic carbocycles. The number of hydrogen-bond acceptors (Lipinski definition) is 4. The molecule has 0 saturated carbocycles. The molecule has 0 spiro atoms. The molecule has 0 fully saturated rings. The fourth-order valence-corrected chi connectivity index (χ4v) is 2.63. The second-order valence-electron chi connectivity index (χ2n) is 4.41. The third-order valence-electron chi connectivity index (χ3n) is 2.96. The minimum Gasteiger partial charge on any atom is -0.466 e. The summed E-state index contributed by atoms with van der Waals surface area (Å²) in [5, 5.41) is 0. The van der Waals surface area contributed by atoms with Crippen molar-refractivity contribution in [1.82, 2.24) is 4.31 Å². The normalized spacial score (nSPS) is 14.9. The Morgan fingerprint density at radius 2 is 2.05 bits per heavy atom. The van der Waals surface area contributed by atoms with Gasteiger partial charge < -0.3 is 4.74 Å². The number of methoxy groups -OCH3 is 1. The van der Waals surface area contributed by atoms with Crippen LogP contribution in [0.4, 0.5) is 0 Å². The lowest BCUT2D eigenvalue weighted by molar-refractivity contribution is -0.134. The summed E-state index contributed by atoms with van der Waals surface area (Å²) in [4.78, 5) is 11.2. The number of ether oxygens (including phenoxy) is 1. The van der Waals surface area contributed by atoms with Gasteiger partial charge in [-0.1, -0.05) is 24.3 Å². The minimum absolute atomic E-state index is 0.296. The predicted octanol–water partition coefficient (Wildman–Crippen LogP) is 1.53. The van der Waals surface area contributed by atoms with E-state index in [9.17, 15) is 13.2 Å². The molecule has 1 aliphatic heterocycles. The van der Waals surface area contributed by atoms with E-state index in [0.29, 0.717) is 12.1 Å². The zero-order valence-corrected chi connectivity index (χ0v) is 12.1. The Bertz CT molecular complexity index is 689. The number of esters is 1. The average molecular weight is 293 g/mol. The Labute approximate surface area is 118 Å². The molecule has 0 bridgehead atoms. The molecule has 1 heterocycles. The van der Waals surface area contributed by atoms with Crippen LogP contribution in [0, 0.1) is 0 Å². The fraction of sp³-hybridized carbons (Fsp3) is 0.214. The first-order valence-electron chi connectivity index (χ1n) is 5.95. The van der Waals surface area contributed by atoms with Gasteiger partial charge in [0.1, 0.15) is 0 Å². The Kier molecular flexibility index (Phi) is 3.94. The molecule has 1 aromatic rings. The van der Waals surface area contributed by atoms with Gasteiger partial charge in [0.25, 0.3) is 0 Å². The Hall–Kier alpha value is -2.08. The van der Waals surface area contributed by atoms with Crippen LogP contribution >= 0.6 is 0 Å². The molecular weight excluding hydrogens is 278 g/mol. The molecule has 2 rings (SSSR count). The second kappa shape index (κ2) is 5.50. The molecule has 6 heteroatoms. The van der Waals surface area contributed by atoms with Gasteiger partial charge >= 0.3 is 5.97 Å². The van der Waals surface area contributed by atoms with Gasteiger partial charge in [-0.2, -0.15) is 0 Å². The first-order valence-corrected chi connectivity index (χ1v) is 7.79. The summed E-state index contributed by atoms with van der Waals surface area (Å²) < 4.78 is 29.2. The Morgan fingerprint density at radius 3 is 2.70 bits per heavy atom. The maximum absolute atomic E-state index is 11.7. The third-order valence-corrected chi connectivity index (χ3v) is 4.05. The SMILES string of the molecule is COC(=O)/C=C/C1=CN(S(C)(=O)=O)Cc2ccccc21. The highest BCUT2D eigenvalue weighted by Gasteiger charge is 2.21. The van der Waals surface area contributed by atoms with Crippen molar-refractivity contribution in [3.05, 3.63) is 53.7 Å². The van der Waals surface area contributed by atoms with Crippen LogP contribution in [0.5, 0.6) is 0 Å². The van der Waals surface area contributed by atoms with Crippen LogP contribution in [-0.4, -0.2) is 32.1 Å². The van der Waals surface area contributed by atoms with Crippen molar-refractivity contribution in [2.45, 2.75) is 6.54 Å². The molecule has 0 aromatic heterocycles. The lowest BCUT2D eigenvalue weighted by Crippen LogP contribution is -2.27. The molecule has 106 valence electrons. The number of benzene rings is 1. The van der Waals surface area contributed by atoms with E-state index in [1.54, 1.807) is 6.08 Å². The molecule has 0 amide bonds. The molecule has 1 aliphatic rings. The highest BCUT2D eigenvalue weighted by Crippen LogP contribution is 2.28. The van der Waals surface area contributed by atoms with Crippen molar-refractivity contribution in [3.8, 4) is 0 Å². The number of carbonyl (C=O) groups excluding carboxylic acids is 1. The van der Waals surface area contributed by atoms with E-state index in [4.69, 9.17) is 0 Å². The van der Waals surface area contributed by atoms with E-state index in [1.807, 2.05) is 24.3 Å². The Morgan fingerprint density at radius 1 is 1.35 bits per heavy atom. The molecule has 0 saturated heterocycles. The van der Waals surface area contributed by atoms with Crippen LogP contribution in [0.25, 0.3) is 5.57 Å². The maximum atomic E-state index is 11.7. The van der Waals surface area contributed by atoms with Crippen molar-refractivity contribution < 1.29 is 17.9 Å². The summed E-state index contributed by atoms with van der Waals surface area (Å²) in [5.74, 6) is -0.486. The number of carbonyl (C=O) groups is 1. The quantitative estimate of drug-likeness (QED) is 0.626. The molecule has 0 unspecified atom stereocenters. The van der Waals surface area contributed by atoms with Crippen molar-refractivity contribution >= 4 is 21.6 Å². The van der Waals surface area contributed by atoms with E-state index in [1.165, 1.54) is 23.7 Å². The van der Waals surface area contributed by atoms with Gasteiger partial charge in [0.2, 0.25) is 10.0 Å². The zero-order chi connectivity index (χ0) is 14.8. The number of allylic oxidation sites excluding steroid dienone is 2. The number of fused-ring (bicyclic) bond motifs is 1. The van der Waals surface area contributed by atoms with Crippen molar-refractivity contribution in [2.24, 2.45) is 0 Å². The van der Waals surface area contributed by atoms with Gasteiger partial charge in [-0.25, -0.2) is 13.2 Å². The molecule has 0 atom stereocenters. The van der Waals surface area contributed by atoms with Crippen LogP contribution in [0.15, 0.2) is 42.6 Å². The van der Waals surface area contributed by atoms with Crippen LogP contribution in [0.3, 0.4) is 0 Å². The van der Waals surface area contributed by atoms with Crippen LogP contribution in [0.1, 0.15) is 11.1 Å².